The molecule has 0 fully saturated rings. The predicted molar refractivity (Wildman–Crippen MR) is 104 cm³/mol. The summed E-state index contributed by atoms with van der Waals surface area (Å²) in [5.74, 6) is 0.384. The van der Waals surface area contributed by atoms with Crippen LogP contribution in [0.15, 0.2) is 59.1 Å². The molecule has 146 valence electrons. The van der Waals surface area contributed by atoms with Gasteiger partial charge in [0.15, 0.2) is 0 Å². The van der Waals surface area contributed by atoms with E-state index in [2.05, 4.69) is 15.5 Å². The lowest BCUT2D eigenvalue weighted by atomic mass is 10.1. The first kappa shape index (κ1) is 19.6. The van der Waals surface area contributed by atoms with Crippen molar-refractivity contribution < 1.29 is 19.2 Å². The predicted octanol–water partition coefficient (Wildman–Crippen LogP) is 2.86. The number of carbonyl (C=O) groups excluding carboxylic acids is 1. The molecule has 3 rings (SSSR count). The molecule has 0 spiro atoms. The van der Waals surface area contributed by atoms with Crippen molar-refractivity contribution in [2.75, 3.05) is 6.61 Å². The van der Waals surface area contributed by atoms with Crippen LogP contribution < -0.4 is 10.1 Å². The number of aliphatic hydroxyl groups is 1. The van der Waals surface area contributed by atoms with E-state index in [1.165, 1.54) is 0 Å². The van der Waals surface area contributed by atoms with Gasteiger partial charge in [-0.3, -0.25) is 4.79 Å². The number of nitrogens with zero attached hydrogens (tertiary/aromatic N) is 2. The van der Waals surface area contributed by atoms with E-state index in [9.17, 15) is 9.90 Å². The molecule has 7 nitrogen and oxygen atoms in total. The molecule has 0 bridgehead atoms. The van der Waals surface area contributed by atoms with Crippen LogP contribution in [-0.4, -0.2) is 39.9 Å². The monoisotopic (exact) mass is 381 g/mol. The van der Waals surface area contributed by atoms with Crippen LogP contribution in [0.3, 0.4) is 0 Å². The van der Waals surface area contributed by atoms with Crippen molar-refractivity contribution in [3.05, 3.63) is 66.1 Å². The van der Waals surface area contributed by atoms with E-state index in [-0.39, 0.29) is 18.6 Å². The second-order valence-corrected chi connectivity index (χ2v) is 6.66. The highest BCUT2D eigenvalue weighted by atomic mass is 16.5. The number of carbonyl (C=O) groups is 1. The van der Waals surface area contributed by atoms with E-state index in [0.29, 0.717) is 17.8 Å². The summed E-state index contributed by atoms with van der Waals surface area (Å²) in [6.45, 7) is 3.71. The second kappa shape index (κ2) is 9.14. The van der Waals surface area contributed by atoms with Gasteiger partial charge in [0.2, 0.25) is 5.82 Å². The van der Waals surface area contributed by atoms with E-state index >= 15 is 0 Å². The summed E-state index contributed by atoms with van der Waals surface area (Å²) >= 11 is 0. The zero-order chi connectivity index (χ0) is 19.9. The molecule has 1 aromatic heterocycles. The summed E-state index contributed by atoms with van der Waals surface area (Å²) in [4.78, 5) is 16.5. The fourth-order valence-corrected chi connectivity index (χ4v) is 2.69. The molecular weight excluding hydrogens is 358 g/mol. The molecule has 0 aliphatic carbocycles. The van der Waals surface area contributed by atoms with Crippen LogP contribution in [0.1, 0.15) is 30.1 Å². The minimum Gasteiger partial charge on any atom is -0.491 e. The molecule has 0 aliphatic rings. The van der Waals surface area contributed by atoms with E-state index in [1.54, 1.807) is 12.1 Å². The van der Waals surface area contributed by atoms with Gasteiger partial charge in [0.05, 0.1) is 18.8 Å². The third-order valence-electron chi connectivity index (χ3n) is 3.99. The fourth-order valence-electron chi connectivity index (χ4n) is 2.69. The van der Waals surface area contributed by atoms with Gasteiger partial charge < -0.3 is 19.7 Å². The van der Waals surface area contributed by atoms with Crippen LogP contribution in [0.5, 0.6) is 5.75 Å². The largest absolute Gasteiger partial charge is 0.491 e. The average Bonchev–Trinajstić information content (AvgIpc) is 3.19. The SMILES string of the molecule is CC(C)Oc1ccc(-c2noc(C(=O)N[C@@H](CO)Cc3ccccc3)n2)cc1. The minimum atomic E-state index is -0.520. The maximum Gasteiger partial charge on any atom is 0.316 e. The van der Waals surface area contributed by atoms with E-state index < -0.39 is 11.9 Å². The van der Waals surface area contributed by atoms with Gasteiger partial charge in [-0.25, -0.2) is 0 Å². The van der Waals surface area contributed by atoms with Crippen molar-refractivity contribution in [2.45, 2.75) is 32.4 Å². The molecule has 0 radical (unpaired) electrons. The lowest BCUT2D eigenvalue weighted by Crippen LogP contribution is -2.39. The number of hydrogen-bond acceptors (Lipinski definition) is 6. The van der Waals surface area contributed by atoms with Gasteiger partial charge >= 0.3 is 11.8 Å². The standard InChI is InChI=1S/C21H23N3O4/c1-14(2)27-18-10-8-16(9-11-18)19-23-21(28-24-19)20(26)22-17(13-25)12-15-6-4-3-5-7-15/h3-11,14,17,25H,12-13H2,1-2H3,(H,22,26)/t17-/m1/s1. The lowest BCUT2D eigenvalue weighted by molar-refractivity contribution is 0.0872. The normalized spacial score (nSPS) is 12.0. The highest BCUT2D eigenvalue weighted by molar-refractivity contribution is 5.90. The summed E-state index contributed by atoms with van der Waals surface area (Å²) < 4.78 is 10.7. The first-order valence-electron chi connectivity index (χ1n) is 9.11. The Balaban J connectivity index is 1.64. The van der Waals surface area contributed by atoms with Crippen molar-refractivity contribution in [1.82, 2.24) is 15.5 Å². The van der Waals surface area contributed by atoms with Crippen molar-refractivity contribution in [1.29, 1.82) is 0 Å². The Morgan fingerprint density at radius 2 is 1.86 bits per heavy atom. The van der Waals surface area contributed by atoms with Crippen LogP contribution in [0.2, 0.25) is 0 Å². The van der Waals surface area contributed by atoms with Gasteiger partial charge in [0, 0.05) is 5.56 Å². The van der Waals surface area contributed by atoms with Gasteiger partial charge in [-0.2, -0.15) is 4.98 Å². The molecule has 0 saturated heterocycles. The van der Waals surface area contributed by atoms with Gasteiger partial charge in [-0.1, -0.05) is 35.5 Å². The Morgan fingerprint density at radius 3 is 2.50 bits per heavy atom. The Labute approximate surface area is 163 Å². The van der Waals surface area contributed by atoms with Crippen molar-refractivity contribution in [3.8, 4) is 17.1 Å². The number of benzene rings is 2. The third-order valence-corrected chi connectivity index (χ3v) is 3.99. The summed E-state index contributed by atoms with van der Waals surface area (Å²) in [7, 11) is 0. The quantitative estimate of drug-likeness (QED) is 0.623. The molecule has 1 amide bonds. The third kappa shape index (κ3) is 5.17. The van der Waals surface area contributed by atoms with Crippen LogP contribution in [0.25, 0.3) is 11.4 Å². The first-order chi connectivity index (χ1) is 13.5. The lowest BCUT2D eigenvalue weighted by Gasteiger charge is -2.14. The van der Waals surface area contributed by atoms with E-state index in [4.69, 9.17) is 9.26 Å². The highest BCUT2D eigenvalue weighted by Crippen LogP contribution is 2.20. The number of ether oxygens (including phenoxy) is 1. The van der Waals surface area contributed by atoms with Gasteiger partial charge in [-0.15, -0.1) is 0 Å². The molecule has 0 saturated carbocycles. The molecule has 3 aromatic rings. The molecule has 2 aromatic carbocycles. The maximum atomic E-state index is 12.4. The minimum absolute atomic E-state index is 0.0849. The summed E-state index contributed by atoms with van der Waals surface area (Å²) in [5.41, 5.74) is 1.72. The van der Waals surface area contributed by atoms with E-state index in [1.807, 2.05) is 56.3 Å². The topological polar surface area (TPSA) is 97.5 Å². The van der Waals surface area contributed by atoms with Crippen LogP contribution in [0.4, 0.5) is 0 Å². The smallest absolute Gasteiger partial charge is 0.316 e. The molecule has 7 heteroatoms. The Bertz CT molecular complexity index is 892. The Morgan fingerprint density at radius 1 is 1.14 bits per heavy atom. The summed E-state index contributed by atoms with van der Waals surface area (Å²) in [6.07, 6.45) is 0.586. The summed E-state index contributed by atoms with van der Waals surface area (Å²) in [5, 5.41) is 16.1. The molecule has 0 aliphatic heterocycles. The second-order valence-electron chi connectivity index (χ2n) is 6.66. The number of rotatable bonds is 8. The number of aliphatic hydroxyl groups excluding tert-OH is 1. The Hall–Kier alpha value is -3.19. The van der Waals surface area contributed by atoms with Crippen LogP contribution in [0, 0.1) is 0 Å². The van der Waals surface area contributed by atoms with Gasteiger partial charge in [-0.05, 0) is 50.1 Å². The zero-order valence-corrected chi connectivity index (χ0v) is 15.8. The Kier molecular flexibility index (Phi) is 6.39. The number of nitrogens with one attached hydrogen (secondary N) is 1. The van der Waals surface area contributed by atoms with Gasteiger partial charge in [0.25, 0.3) is 0 Å². The molecule has 0 unspecified atom stereocenters. The number of hydrogen-bond donors (Lipinski definition) is 2. The molecular formula is C21H23N3O4. The van der Waals surface area contributed by atoms with Crippen LogP contribution >= 0.6 is 0 Å². The van der Waals surface area contributed by atoms with Gasteiger partial charge in [0.1, 0.15) is 5.75 Å². The van der Waals surface area contributed by atoms with Crippen molar-refractivity contribution in [3.63, 3.8) is 0 Å². The average molecular weight is 381 g/mol. The van der Waals surface area contributed by atoms with Crippen LogP contribution in [-0.2, 0) is 6.42 Å². The highest BCUT2D eigenvalue weighted by Gasteiger charge is 2.20. The van der Waals surface area contributed by atoms with Crippen molar-refractivity contribution in [2.24, 2.45) is 0 Å². The first-order valence-corrected chi connectivity index (χ1v) is 9.11. The maximum absolute atomic E-state index is 12.4. The summed E-state index contributed by atoms with van der Waals surface area (Å²) in [6, 6.07) is 16.4. The van der Waals surface area contributed by atoms with Crippen molar-refractivity contribution >= 4 is 5.91 Å². The number of aromatic nitrogens is 2. The molecule has 28 heavy (non-hydrogen) atoms. The number of amides is 1. The zero-order valence-electron chi connectivity index (χ0n) is 15.8. The molecule has 1 heterocycles. The molecule has 1 atom stereocenters. The molecule has 2 N–H and O–H groups in total. The van der Waals surface area contributed by atoms with E-state index in [0.717, 1.165) is 11.3 Å². The fraction of sp³-hybridized carbons (Fsp3) is 0.286.